The van der Waals surface area contributed by atoms with Gasteiger partial charge in [0.15, 0.2) is 0 Å². The summed E-state index contributed by atoms with van der Waals surface area (Å²) in [5, 5.41) is 29.7. The normalized spacial score (nSPS) is 15.4. The second-order valence-corrected chi connectivity index (χ2v) is 8.54. The Balaban J connectivity index is 1.95. The van der Waals surface area contributed by atoms with Crippen LogP contribution in [0.2, 0.25) is 0 Å². The number of benzene rings is 1. The van der Waals surface area contributed by atoms with E-state index >= 15 is 0 Å². The Morgan fingerprint density at radius 1 is 0.619 bits per heavy atom. The predicted octanol–water partition coefficient (Wildman–Crippen LogP) is 6.59. The molecule has 3 aromatic rings. The third-order valence-electron chi connectivity index (χ3n) is 6.44. The van der Waals surface area contributed by atoms with Gasteiger partial charge in [0, 0.05) is 17.7 Å². The summed E-state index contributed by atoms with van der Waals surface area (Å²) in [6.07, 6.45) is 0. The van der Waals surface area contributed by atoms with Crippen LogP contribution in [0.25, 0.3) is 48.1 Å². The van der Waals surface area contributed by atoms with Crippen LogP contribution in [0.15, 0.2) is 47.8 Å². The van der Waals surface area contributed by atoms with Crippen molar-refractivity contribution < 1.29 is 17.6 Å². The number of aromatic nitrogens is 2. The van der Waals surface area contributed by atoms with Crippen molar-refractivity contribution in [2.45, 2.75) is 0 Å². The van der Waals surface area contributed by atoms with Crippen LogP contribution in [0.4, 0.5) is 17.6 Å². The van der Waals surface area contributed by atoms with Crippen molar-refractivity contribution in [2.75, 3.05) is 0 Å². The van der Waals surface area contributed by atoms with Gasteiger partial charge in [0.1, 0.15) is 6.07 Å². The van der Waals surface area contributed by atoms with Crippen LogP contribution in [0.3, 0.4) is 0 Å². The van der Waals surface area contributed by atoms with Crippen molar-refractivity contribution in [3.63, 3.8) is 0 Å². The lowest BCUT2D eigenvalue weighted by Crippen LogP contribution is -1.96. The molecule has 0 saturated heterocycles. The zero-order valence-corrected chi connectivity index (χ0v) is 20.6. The molecule has 5 rings (SSSR count). The van der Waals surface area contributed by atoms with Gasteiger partial charge in [-0.2, -0.15) is 32.8 Å². The van der Waals surface area contributed by atoms with Crippen molar-refractivity contribution in [3.05, 3.63) is 139 Å². The first-order valence-corrected chi connectivity index (χ1v) is 11.4. The summed E-state index contributed by atoms with van der Waals surface area (Å²) in [6.45, 7) is 23.0. The molecule has 0 amide bonds. The smallest absolute Gasteiger partial charge is 0.237 e. The van der Waals surface area contributed by atoms with Gasteiger partial charge < -0.3 is 0 Å². The fourth-order valence-corrected chi connectivity index (χ4v) is 4.98. The molecule has 2 aliphatic carbocycles. The van der Waals surface area contributed by atoms with Crippen LogP contribution in [0.1, 0.15) is 33.4 Å². The minimum atomic E-state index is -1.23. The van der Waals surface area contributed by atoms with Gasteiger partial charge in [0.2, 0.25) is 29.5 Å². The molecule has 0 bridgehead atoms. The molecule has 0 aliphatic heterocycles. The summed E-state index contributed by atoms with van der Waals surface area (Å²) in [5.74, 6) is -4.90. The summed E-state index contributed by atoms with van der Waals surface area (Å²) in [4.78, 5) is 16.1. The maximum atomic E-state index is 14.1. The fourth-order valence-electron chi connectivity index (χ4n) is 4.98. The molecule has 8 nitrogen and oxygen atoms in total. The van der Waals surface area contributed by atoms with E-state index in [9.17, 15) is 33.3 Å². The van der Waals surface area contributed by atoms with Gasteiger partial charge in [-0.1, -0.05) is 6.07 Å². The lowest BCUT2D eigenvalue weighted by Gasteiger charge is -2.12. The Morgan fingerprint density at radius 2 is 1.05 bits per heavy atom. The summed E-state index contributed by atoms with van der Waals surface area (Å²) in [7, 11) is 0. The molecule has 194 valence electrons. The van der Waals surface area contributed by atoms with Gasteiger partial charge in [0.05, 0.1) is 37.4 Å². The van der Waals surface area contributed by atoms with E-state index in [1.807, 2.05) is 6.07 Å². The number of nitriles is 3. The van der Waals surface area contributed by atoms with Gasteiger partial charge in [-0.3, -0.25) is 0 Å². The Kier molecular flexibility index (Phi) is 6.38. The molecule has 0 N–H and O–H groups in total. The summed E-state index contributed by atoms with van der Waals surface area (Å²) in [6, 6.07) is 11.3. The SMILES string of the molecule is [C-]#[N+]C1=C(c2cc(F)nc(F)c2)/C(=C(/C#N)[N+]#[C-])c2cc3c(cc21)/C(=C(/C#N)[N+]#[C-])C(c1cc(F)nc(F)c1)=C3C#N. The largest absolute Gasteiger partial charge is 0.270 e. The third-order valence-corrected chi connectivity index (χ3v) is 6.44. The number of allylic oxidation sites excluding steroid dienone is 7. The van der Waals surface area contributed by atoms with Crippen LogP contribution >= 0.6 is 0 Å². The number of halogens is 4. The highest BCUT2D eigenvalue weighted by atomic mass is 19.1. The number of fused-ring (bicyclic) bond motifs is 2. The zero-order chi connectivity index (χ0) is 30.3. The fraction of sp³-hybridized carbons (Fsp3) is 0. The molecular formula is C30H6F4N8. The molecule has 12 heteroatoms. The van der Waals surface area contributed by atoms with Gasteiger partial charge in [-0.05, 0) is 68.3 Å². The van der Waals surface area contributed by atoms with E-state index in [4.69, 9.17) is 19.7 Å². The molecule has 1 aromatic carbocycles. The maximum absolute atomic E-state index is 14.1. The second kappa shape index (κ2) is 10.0. The molecule has 42 heavy (non-hydrogen) atoms. The van der Waals surface area contributed by atoms with Crippen LogP contribution in [0, 0.1) is 77.5 Å². The number of rotatable bonds is 2. The molecule has 0 atom stereocenters. The molecule has 2 aromatic heterocycles. The molecule has 0 unspecified atom stereocenters. The summed E-state index contributed by atoms with van der Waals surface area (Å²) in [5.41, 5.74) is -2.21. The first-order valence-electron chi connectivity index (χ1n) is 11.4. The second-order valence-electron chi connectivity index (χ2n) is 8.54. The monoisotopic (exact) mass is 554 g/mol. The zero-order valence-electron chi connectivity index (χ0n) is 20.6. The molecule has 2 aliphatic rings. The van der Waals surface area contributed by atoms with E-state index in [2.05, 4.69) is 24.5 Å². The average Bonchev–Trinajstić information content (AvgIpc) is 3.44. The van der Waals surface area contributed by atoms with Gasteiger partial charge in [-0.15, -0.1) is 0 Å². The Bertz CT molecular complexity index is 1970. The molecule has 0 saturated carbocycles. The quantitative estimate of drug-likeness (QED) is 0.154. The lowest BCUT2D eigenvalue weighted by molar-refractivity contribution is 0.511. The molecule has 0 radical (unpaired) electrons. The maximum Gasteiger partial charge on any atom is 0.270 e. The van der Waals surface area contributed by atoms with E-state index in [0.29, 0.717) is 0 Å². The Morgan fingerprint density at radius 3 is 1.48 bits per heavy atom. The molecular weight excluding hydrogens is 548 g/mol. The first-order chi connectivity index (χ1) is 20.2. The average molecular weight is 554 g/mol. The van der Waals surface area contributed by atoms with Crippen molar-refractivity contribution in [2.24, 2.45) is 0 Å². The predicted molar refractivity (Wildman–Crippen MR) is 139 cm³/mol. The standard InChI is InChI=1S/C30H6F4N8/c1-38-20(11-36)28-16-9-18-17(8-15(16)19(10-35)26(28)13-4-22(31)41-23(32)5-13)29(21(12-37)39-2)27(30(18)40-3)14-6-24(33)42-25(34)7-14/h4-9H/b28-20+,29-21-. The first kappa shape index (κ1) is 26.7. The number of hydrogen-bond acceptors (Lipinski definition) is 5. The van der Waals surface area contributed by atoms with Crippen LogP contribution in [-0.2, 0) is 0 Å². The lowest BCUT2D eigenvalue weighted by atomic mass is 9.92. The topological polar surface area (TPSA) is 110 Å². The van der Waals surface area contributed by atoms with Crippen molar-refractivity contribution in [1.29, 1.82) is 15.8 Å². The molecule has 0 spiro atoms. The Labute approximate surface area is 234 Å². The highest BCUT2D eigenvalue weighted by molar-refractivity contribution is 6.29. The van der Waals surface area contributed by atoms with Crippen LogP contribution in [0.5, 0.6) is 0 Å². The van der Waals surface area contributed by atoms with E-state index in [0.717, 1.165) is 24.3 Å². The van der Waals surface area contributed by atoms with E-state index in [1.54, 1.807) is 12.1 Å². The van der Waals surface area contributed by atoms with Gasteiger partial charge in [-0.25, -0.2) is 25.1 Å². The highest BCUT2D eigenvalue weighted by Gasteiger charge is 2.37. The highest BCUT2D eigenvalue weighted by Crippen LogP contribution is 2.55. The van der Waals surface area contributed by atoms with Crippen molar-refractivity contribution in [3.8, 4) is 18.2 Å². The van der Waals surface area contributed by atoms with Crippen LogP contribution < -0.4 is 0 Å². The van der Waals surface area contributed by atoms with Crippen molar-refractivity contribution in [1.82, 2.24) is 9.97 Å². The number of hydrogen-bond donors (Lipinski definition) is 0. The number of pyridine rings is 2. The molecule has 2 heterocycles. The van der Waals surface area contributed by atoms with E-state index in [-0.39, 0.29) is 66.9 Å². The molecule has 0 fully saturated rings. The van der Waals surface area contributed by atoms with E-state index < -0.39 is 35.2 Å². The van der Waals surface area contributed by atoms with Gasteiger partial charge >= 0.3 is 0 Å². The summed E-state index contributed by atoms with van der Waals surface area (Å²) < 4.78 is 56.6. The minimum absolute atomic E-state index is 0.0627. The van der Waals surface area contributed by atoms with E-state index in [1.165, 1.54) is 12.1 Å². The Hall–Kier alpha value is -6.86. The third kappa shape index (κ3) is 3.95. The minimum Gasteiger partial charge on any atom is -0.237 e. The van der Waals surface area contributed by atoms with Gasteiger partial charge in [0.25, 0.3) is 11.4 Å². The van der Waals surface area contributed by atoms with Crippen LogP contribution in [-0.4, -0.2) is 9.97 Å². The van der Waals surface area contributed by atoms with Crippen molar-refractivity contribution >= 4 is 33.6 Å². The number of nitrogens with zero attached hydrogens (tertiary/aromatic N) is 8. The summed E-state index contributed by atoms with van der Waals surface area (Å²) >= 11 is 0.